The molecular formula is C19H22N4O. The number of imidazole rings is 1. The van der Waals surface area contributed by atoms with Gasteiger partial charge in [-0.05, 0) is 50.5 Å². The van der Waals surface area contributed by atoms with E-state index in [0.717, 1.165) is 53.9 Å². The Morgan fingerprint density at radius 3 is 3.00 bits per heavy atom. The first-order chi connectivity index (χ1) is 11.6. The number of nitrogens with one attached hydrogen (secondary N) is 2. The van der Waals surface area contributed by atoms with E-state index in [1.807, 2.05) is 29.3 Å². The summed E-state index contributed by atoms with van der Waals surface area (Å²) in [5.74, 6) is 1.41. The van der Waals surface area contributed by atoms with Gasteiger partial charge >= 0.3 is 0 Å². The normalized spacial score (nSPS) is 18.2. The Labute approximate surface area is 141 Å². The Balaban J connectivity index is 1.59. The van der Waals surface area contributed by atoms with E-state index in [2.05, 4.69) is 28.8 Å². The smallest absolute Gasteiger partial charge is 0.253 e. The van der Waals surface area contributed by atoms with Gasteiger partial charge in [0.25, 0.3) is 5.91 Å². The third-order valence-corrected chi connectivity index (χ3v) is 5.17. The molecule has 1 fully saturated rings. The van der Waals surface area contributed by atoms with Crippen molar-refractivity contribution < 1.29 is 4.79 Å². The minimum atomic E-state index is 0.117. The number of benzene rings is 1. The van der Waals surface area contributed by atoms with Crippen molar-refractivity contribution in [3.05, 3.63) is 53.2 Å². The highest BCUT2D eigenvalue weighted by Gasteiger charge is 2.27. The van der Waals surface area contributed by atoms with Crippen LogP contribution in [0, 0.1) is 13.8 Å². The molecule has 124 valence electrons. The quantitative estimate of drug-likeness (QED) is 0.758. The monoisotopic (exact) mass is 322 g/mol. The van der Waals surface area contributed by atoms with Crippen molar-refractivity contribution in [2.75, 3.05) is 13.1 Å². The van der Waals surface area contributed by atoms with Crippen molar-refractivity contribution in [3.63, 3.8) is 0 Å². The van der Waals surface area contributed by atoms with Crippen LogP contribution < -0.4 is 0 Å². The molecule has 1 saturated heterocycles. The average Bonchev–Trinajstić information content (AvgIpc) is 3.24. The fourth-order valence-corrected chi connectivity index (χ4v) is 3.66. The van der Waals surface area contributed by atoms with E-state index in [0.29, 0.717) is 5.92 Å². The molecule has 0 bridgehead atoms. The van der Waals surface area contributed by atoms with Crippen LogP contribution in [0.5, 0.6) is 0 Å². The van der Waals surface area contributed by atoms with Crippen LogP contribution in [0.4, 0.5) is 0 Å². The molecule has 1 atom stereocenters. The lowest BCUT2D eigenvalue weighted by molar-refractivity contribution is 0.0705. The number of H-pyrrole nitrogens is 2. The molecule has 2 N–H and O–H groups in total. The zero-order valence-corrected chi connectivity index (χ0v) is 14.1. The summed E-state index contributed by atoms with van der Waals surface area (Å²) in [5.41, 5.74) is 4.23. The molecule has 0 aliphatic carbocycles. The minimum Gasteiger partial charge on any atom is -0.358 e. The summed E-state index contributed by atoms with van der Waals surface area (Å²) < 4.78 is 0. The van der Waals surface area contributed by atoms with Crippen LogP contribution >= 0.6 is 0 Å². The van der Waals surface area contributed by atoms with Crippen molar-refractivity contribution in [1.29, 1.82) is 0 Å². The van der Waals surface area contributed by atoms with Crippen LogP contribution in [0.15, 0.2) is 30.6 Å². The number of hydrogen-bond acceptors (Lipinski definition) is 2. The maximum absolute atomic E-state index is 13.0. The number of likely N-dealkylation sites (tertiary alicyclic amines) is 1. The highest BCUT2D eigenvalue weighted by atomic mass is 16.2. The lowest BCUT2D eigenvalue weighted by atomic mass is 9.96. The first-order valence-electron chi connectivity index (χ1n) is 8.51. The number of amides is 1. The number of aryl methyl sites for hydroxylation is 2. The van der Waals surface area contributed by atoms with Gasteiger partial charge in [0.15, 0.2) is 0 Å². The topological polar surface area (TPSA) is 64.8 Å². The average molecular weight is 322 g/mol. The molecule has 0 radical (unpaired) electrons. The summed E-state index contributed by atoms with van der Waals surface area (Å²) in [6, 6.07) is 5.96. The Morgan fingerprint density at radius 1 is 1.33 bits per heavy atom. The molecule has 1 aromatic carbocycles. The molecule has 1 amide bonds. The van der Waals surface area contributed by atoms with E-state index < -0.39 is 0 Å². The molecule has 4 rings (SSSR count). The molecular weight excluding hydrogens is 300 g/mol. The van der Waals surface area contributed by atoms with Gasteiger partial charge in [-0.25, -0.2) is 4.98 Å². The van der Waals surface area contributed by atoms with Crippen LogP contribution in [-0.4, -0.2) is 38.8 Å². The van der Waals surface area contributed by atoms with Gasteiger partial charge in [0, 0.05) is 53.6 Å². The molecule has 0 spiro atoms. The zero-order chi connectivity index (χ0) is 16.7. The van der Waals surface area contributed by atoms with Crippen LogP contribution in [0.2, 0.25) is 0 Å². The molecule has 0 unspecified atom stereocenters. The first kappa shape index (κ1) is 15.0. The van der Waals surface area contributed by atoms with Gasteiger partial charge in [0.2, 0.25) is 0 Å². The predicted octanol–water partition coefficient (Wildman–Crippen LogP) is 3.53. The number of hydrogen-bond donors (Lipinski definition) is 2. The third-order valence-electron chi connectivity index (χ3n) is 5.17. The molecule has 1 aliphatic rings. The molecule has 5 nitrogen and oxygen atoms in total. The van der Waals surface area contributed by atoms with Crippen molar-refractivity contribution in [3.8, 4) is 0 Å². The fourth-order valence-electron chi connectivity index (χ4n) is 3.66. The van der Waals surface area contributed by atoms with E-state index in [4.69, 9.17) is 0 Å². The molecule has 1 aliphatic heterocycles. The standard InChI is InChI=1S/C19H22N4O/c1-12-13(2)22-17-6-5-14(10-16(12)17)19(24)23-9-3-4-15(11-23)18-20-7-8-21-18/h5-8,10,15,22H,3-4,9,11H2,1-2H3,(H,20,21)/t15-/m0/s1. The maximum Gasteiger partial charge on any atom is 0.253 e. The number of fused-ring (bicyclic) bond motifs is 1. The van der Waals surface area contributed by atoms with Crippen LogP contribution in [-0.2, 0) is 0 Å². The molecule has 3 heterocycles. The van der Waals surface area contributed by atoms with Crippen molar-refractivity contribution in [2.45, 2.75) is 32.6 Å². The minimum absolute atomic E-state index is 0.117. The van der Waals surface area contributed by atoms with Gasteiger partial charge in [-0.15, -0.1) is 0 Å². The summed E-state index contributed by atoms with van der Waals surface area (Å²) in [6.45, 7) is 5.71. The first-order valence-corrected chi connectivity index (χ1v) is 8.51. The van der Waals surface area contributed by atoms with Crippen molar-refractivity contribution >= 4 is 16.8 Å². The van der Waals surface area contributed by atoms with Gasteiger partial charge in [-0.1, -0.05) is 0 Å². The second-order valence-electron chi connectivity index (χ2n) is 6.70. The maximum atomic E-state index is 13.0. The molecule has 2 aromatic heterocycles. The fraction of sp³-hybridized carbons (Fsp3) is 0.368. The van der Waals surface area contributed by atoms with E-state index in [1.54, 1.807) is 6.20 Å². The predicted molar refractivity (Wildman–Crippen MR) is 94.2 cm³/mol. The van der Waals surface area contributed by atoms with Crippen LogP contribution in [0.1, 0.15) is 46.2 Å². The van der Waals surface area contributed by atoms with E-state index in [1.165, 1.54) is 5.56 Å². The number of rotatable bonds is 2. The highest BCUT2D eigenvalue weighted by molar-refractivity contribution is 5.99. The summed E-state index contributed by atoms with van der Waals surface area (Å²) in [7, 11) is 0. The lowest BCUT2D eigenvalue weighted by Crippen LogP contribution is -2.39. The third kappa shape index (κ3) is 2.50. The van der Waals surface area contributed by atoms with E-state index in [-0.39, 0.29) is 5.91 Å². The van der Waals surface area contributed by atoms with Crippen LogP contribution in [0.3, 0.4) is 0 Å². The number of aromatic nitrogens is 3. The Kier molecular flexibility index (Phi) is 3.63. The van der Waals surface area contributed by atoms with E-state index in [9.17, 15) is 4.79 Å². The van der Waals surface area contributed by atoms with Crippen molar-refractivity contribution in [1.82, 2.24) is 19.9 Å². The number of carbonyl (C=O) groups is 1. The van der Waals surface area contributed by atoms with E-state index >= 15 is 0 Å². The Bertz CT molecular complexity index is 878. The van der Waals surface area contributed by atoms with Crippen molar-refractivity contribution in [2.24, 2.45) is 0 Å². The van der Waals surface area contributed by atoms with Gasteiger partial charge in [0.1, 0.15) is 5.82 Å². The lowest BCUT2D eigenvalue weighted by Gasteiger charge is -2.32. The van der Waals surface area contributed by atoms with Gasteiger partial charge < -0.3 is 14.9 Å². The highest BCUT2D eigenvalue weighted by Crippen LogP contribution is 2.27. The summed E-state index contributed by atoms with van der Waals surface area (Å²) >= 11 is 0. The molecule has 0 saturated carbocycles. The molecule has 5 heteroatoms. The molecule has 24 heavy (non-hydrogen) atoms. The SMILES string of the molecule is Cc1[nH]c2ccc(C(=O)N3CCC[C@H](c4ncc[nH]4)C3)cc2c1C. The van der Waals surface area contributed by atoms with Crippen LogP contribution in [0.25, 0.3) is 10.9 Å². The Morgan fingerprint density at radius 2 is 2.21 bits per heavy atom. The summed E-state index contributed by atoms with van der Waals surface area (Å²) in [5, 5.41) is 1.14. The van der Waals surface area contributed by atoms with Gasteiger partial charge in [-0.2, -0.15) is 0 Å². The van der Waals surface area contributed by atoms with Gasteiger partial charge in [0.05, 0.1) is 0 Å². The second-order valence-corrected chi connectivity index (χ2v) is 6.70. The summed E-state index contributed by atoms with van der Waals surface area (Å²) in [6.07, 6.45) is 5.72. The molecule has 3 aromatic rings. The number of aromatic amines is 2. The largest absolute Gasteiger partial charge is 0.358 e. The number of piperidine rings is 1. The number of nitrogens with zero attached hydrogens (tertiary/aromatic N) is 2. The summed E-state index contributed by atoms with van der Waals surface area (Å²) in [4.78, 5) is 25.8. The Hall–Kier alpha value is -2.56. The second kappa shape index (κ2) is 5.82. The zero-order valence-electron chi connectivity index (χ0n) is 14.1. The van der Waals surface area contributed by atoms with Gasteiger partial charge in [-0.3, -0.25) is 4.79 Å². The number of carbonyl (C=O) groups excluding carboxylic acids is 1.